The van der Waals surface area contributed by atoms with Crippen LogP contribution in [-0.2, 0) is 9.53 Å². The molecule has 1 amide bonds. The number of aromatic nitrogens is 1. The average Bonchev–Trinajstić information content (AvgIpc) is 2.74. The van der Waals surface area contributed by atoms with E-state index in [9.17, 15) is 9.59 Å². The monoisotopic (exact) mass is 544 g/mol. The molecule has 0 aliphatic rings. The van der Waals surface area contributed by atoms with Gasteiger partial charge in [0, 0.05) is 28.7 Å². The van der Waals surface area contributed by atoms with Gasteiger partial charge in [0.25, 0.3) is 5.91 Å². The molecule has 0 spiro atoms. The minimum Gasteiger partial charge on any atom is -0.460 e. The number of esters is 1. The molecule has 1 atom stereocenters. The minimum atomic E-state index is -0.531. The fraction of sp³-hybridized carbons (Fsp3) is 0.370. The van der Waals surface area contributed by atoms with Gasteiger partial charge in [0.1, 0.15) is 10.8 Å². The highest BCUT2D eigenvalue weighted by atomic mass is 79.9. The molecule has 0 saturated heterocycles. The third-order valence-electron chi connectivity index (χ3n) is 5.61. The largest absolute Gasteiger partial charge is 0.460 e. The molecule has 0 aliphatic carbocycles. The third-order valence-corrected chi connectivity index (χ3v) is 6.47. The van der Waals surface area contributed by atoms with E-state index in [-0.39, 0.29) is 24.2 Å². The second-order valence-electron chi connectivity index (χ2n) is 9.45. The number of hydrogen-bond donors (Lipinski definition) is 1. The smallest absolute Gasteiger partial charge is 0.306 e. The molecule has 180 valence electrons. The van der Waals surface area contributed by atoms with Crippen LogP contribution in [0.1, 0.15) is 66.6 Å². The molecule has 1 heterocycles. The number of pyridine rings is 1. The molecular formula is C27H30BrClN2O3. The summed E-state index contributed by atoms with van der Waals surface area (Å²) in [6.07, 6.45) is 0.824. The van der Waals surface area contributed by atoms with Crippen LogP contribution in [0.4, 0.5) is 0 Å². The molecule has 3 rings (SSSR count). The van der Waals surface area contributed by atoms with E-state index in [2.05, 4.69) is 26.2 Å². The maximum absolute atomic E-state index is 13.4. The fourth-order valence-corrected chi connectivity index (χ4v) is 4.54. The molecule has 5 nitrogen and oxygen atoms in total. The normalized spacial score (nSPS) is 12.4. The number of rotatable bonds is 7. The fourth-order valence-electron chi connectivity index (χ4n) is 3.99. The van der Waals surface area contributed by atoms with Crippen LogP contribution in [0.5, 0.6) is 0 Å². The average molecular weight is 546 g/mol. The van der Waals surface area contributed by atoms with Gasteiger partial charge in [-0.05, 0) is 75.9 Å². The summed E-state index contributed by atoms with van der Waals surface area (Å²) in [6, 6.07) is 13.6. The Morgan fingerprint density at radius 2 is 1.85 bits per heavy atom. The predicted molar refractivity (Wildman–Crippen MR) is 141 cm³/mol. The lowest BCUT2D eigenvalue weighted by molar-refractivity contribution is -0.155. The topological polar surface area (TPSA) is 68.3 Å². The van der Waals surface area contributed by atoms with E-state index >= 15 is 0 Å². The van der Waals surface area contributed by atoms with Crippen LogP contribution in [0, 0.1) is 13.8 Å². The van der Waals surface area contributed by atoms with Crippen molar-refractivity contribution in [3.8, 4) is 0 Å². The van der Waals surface area contributed by atoms with Crippen molar-refractivity contribution in [1.82, 2.24) is 10.3 Å². The highest BCUT2D eigenvalue weighted by molar-refractivity contribution is 9.10. The zero-order valence-electron chi connectivity index (χ0n) is 20.2. The van der Waals surface area contributed by atoms with Crippen molar-refractivity contribution in [2.75, 3.05) is 6.54 Å². The molecular weight excluding hydrogens is 516 g/mol. The second kappa shape index (κ2) is 10.9. The summed E-state index contributed by atoms with van der Waals surface area (Å²) < 4.78 is 6.34. The summed E-state index contributed by atoms with van der Waals surface area (Å²) in [4.78, 5) is 30.2. The molecule has 1 N–H and O–H groups in total. The molecule has 0 saturated carbocycles. The standard InChI is InChI=1S/C27H30BrClN2O3/c1-16-8-6-7-9-20(16)18(10-13-23(32)34-27(3,4)5)15-30-26(33)24-17(2)25(29)31-22-12-11-19(28)14-21(22)24/h6-9,11-12,14,18H,10,13,15H2,1-5H3,(H,30,33). The number of nitrogens with one attached hydrogen (secondary N) is 1. The quantitative estimate of drug-likeness (QED) is 0.259. The van der Waals surface area contributed by atoms with Crippen LogP contribution < -0.4 is 5.32 Å². The van der Waals surface area contributed by atoms with Gasteiger partial charge in [0.05, 0.1) is 11.1 Å². The van der Waals surface area contributed by atoms with Crippen molar-refractivity contribution < 1.29 is 14.3 Å². The van der Waals surface area contributed by atoms with E-state index in [1.807, 2.05) is 70.2 Å². The van der Waals surface area contributed by atoms with Crippen LogP contribution in [0.3, 0.4) is 0 Å². The van der Waals surface area contributed by atoms with Gasteiger partial charge in [0.2, 0.25) is 0 Å². The van der Waals surface area contributed by atoms with E-state index in [1.54, 1.807) is 6.92 Å². The SMILES string of the molecule is Cc1ccccc1C(CCC(=O)OC(C)(C)C)CNC(=O)c1c(C)c(Cl)nc2ccc(Br)cc12. The zero-order valence-corrected chi connectivity index (χ0v) is 22.5. The van der Waals surface area contributed by atoms with Gasteiger partial charge >= 0.3 is 5.97 Å². The molecule has 34 heavy (non-hydrogen) atoms. The third kappa shape index (κ3) is 6.57. The Kier molecular flexibility index (Phi) is 8.37. The Morgan fingerprint density at radius 3 is 2.53 bits per heavy atom. The number of hydrogen-bond acceptors (Lipinski definition) is 4. The summed E-state index contributed by atoms with van der Waals surface area (Å²) in [7, 11) is 0. The van der Waals surface area contributed by atoms with Gasteiger partial charge in [-0.2, -0.15) is 0 Å². The molecule has 0 fully saturated rings. The summed E-state index contributed by atoms with van der Waals surface area (Å²) in [5, 5.41) is 4.12. The number of carbonyl (C=O) groups excluding carboxylic acids is 2. The summed E-state index contributed by atoms with van der Waals surface area (Å²) in [5.74, 6) is -0.515. The molecule has 0 bridgehead atoms. The Balaban J connectivity index is 1.85. The van der Waals surface area contributed by atoms with Crippen molar-refractivity contribution in [3.63, 3.8) is 0 Å². The van der Waals surface area contributed by atoms with Gasteiger partial charge in [-0.25, -0.2) is 4.98 Å². The van der Waals surface area contributed by atoms with Gasteiger partial charge in [-0.3, -0.25) is 9.59 Å². The van der Waals surface area contributed by atoms with E-state index < -0.39 is 5.60 Å². The van der Waals surface area contributed by atoms with E-state index in [1.165, 1.54) is 0 Å². The number of aryl methyl sites for hydroxylation is 1. The molecule has 0 aliphatic heterocycles. The van der Waals surface area contributed by atoms with Crippen molar-refractivity contribution >= 4 is 50.3 Å². The van der Waals surface area contributed by atoms with Crippen LogP contribution in [0.2, 0.25) is 5.15 Å². The number of amides is 1. The first-order valence-corrected chi connectivity index (χ1v) is 12.4. The molecule has 7 heteroatoms. The van der Waals surface area contributed by atoms with Crippen molar-refractivity contribution in [1.29, 1.82) is 0 Å². The minimum absolute atomic E-state index is 0.0479. The highest BCUT2D eigenvalue weighted by Crippen LogP contribution is 2.29. The maximum Gasteiger partial charge on any atom is 0.306 e. The molecule has 3 aromatic rings. The number of carbonyl (C=O) groups is 2. The first-order chi connectivity index (χ1) is 16.0. The summed E-state index contributed by atoms with van der Waals surface area (Å²) in [5.41, 5.74) is 3.48. The first-order valence-electron chi connectivity index (χ1n) is 11.3. The Hall–Kier alpha value is -2.44. The molecule has 1 aromatic heterocycles. The number of benzene rings is 2. The van der Waals surface area contributed by atoms with Crippen LogP contribution in [-0.4, -0.2) is 29.0 Å². The predicted octanol–water partition coefficient (Wildman–Crippen LogP) is 6.90. The van der Waals surface area contributed by atoms with E-state index in [0.717, 1.165) is 21.0 Å². The highest BCUT2D eigenvalue weighted by Gasteiger charge is 2.22. The van der Waals surface area contributed by atoms with Crippen LogP contribution in [0.15, 0.2) is 46.9 Å². The van der Waals surface area contributed by atoms with Gasteiger partial charge in [0.15, 0.2) is 0 Å². The van der Waals surface area contributed by atoms with Gasteiger partial charge < -0.3 is 10.1 Å². The molecule has 0 radical (unpaired) electrons. The van der Waals surface area contributed by atoms with Crippen molar-refractivity contribution in [2.24, 2.45) is 0 Å². The Bertz CT molecular complexity index is 1220. The number of fused-ring (bicyclic) bond motifs is 1. The number of ether oxygens (including phenoxy) is 1. The second-order valence-corrected chi connectivity index (χ2v) is 10.7. The van der Waals surface area contributed by atoms with E-state index in [0.29, 0.717) is 34.8 Å². The van der Waals surface area contributed by atoms with Gasteiger partial charge in [-0.15, -0.1) is 0 Å². The lowest BCUT2D eigenvalue weighted by Crippen LogP contribution is -2.30. The summed E-state index contributed by atoms with van der Waals surface area (Å²) in [6.45, 7) is 9.78. The van der Waals surface area contributed by atoms with Crippen LogP contribution >= 0.6 is 27.5 Å². The number of halogens is 2. The van der Waals surface area contributed by atoms with Crippen LogP contribution in [0.25, 0.3) is 10.9 Å². The zero-order chi connectivity index (χ0) is 25.0. The summed E-state index contributed by atoms with van der Waals surface area (Å²) >= 11 is 9.82. The first kappa shape index (κ1) is 26.2. The molecule has 1 unspecified atom stereocenters. The Morgan fingerprint density at radius 1 is 1.15 bits per heavy atom. The van der Waals surface area contributed by atoms with Gasteiger partial charge in [-0.1, -0.05) is 51.8 Å². The maximum atomic E-state index is 13.4. The van der Waals surface area contributed by atoms with E-state index in [4.69, 9.17) is 16.3 Å². The molecule has 2 aromatic carbocycles. The Labute approximate surface area is 214 Å². The van der Waals surface area contributed by atoms with Crippen molar-refractivity contribution in [2.45, 2.75) is 59.0 Å². The lowest BCUT2D eigenvalue weighted by atomic mass is 9.90. The van der Waals surface area contributed by atoms with Crippen molar-refractivity contribution in [3.05, 3.63) is 74.3 Å². The number of nitrogens with zero attached hydrogens (tertiary/aromatic N) is 1. The lowest BCUT2D eigenvalue weighted by Gasteiger charge is -2.23.